The lowest BCUT2D eigenvalue weighted by Gasteiger charge is -2.10. The third kappa shape index (κ3) is 5.78. The van der Waals surface area contributed by atoms with Crippen molar-refractivity contribution in [3.05, 3.63) is 29.3 Å². The van der Waals surface area contributed by atoms with Crippen LogP contribution >= 0.6 is 11.8 Å². The van der Waals surface area contributed by atoms with Gasteiger partial charge in [0.2, 0.25) is 0 Å². The number of ether oxygens (including phenoxy) is 1. The van der Waals surface area contributed by atoms with Crippen LogP contribution in [-0.4, -0.2) is 24.7 Å². The molecule has 19 heavy (non-hydrogen) atoms. The van der Waals surface area contributed by atoms with Crippen molar-refractivity contribution in [1.29, 1.82) is 0 Å². The molecule has 0 aliphatic carbocycles. The van der Waals surface area contributed by atoms with Crippen molar-refractivity contribution < 1.29 is 13.5 Å². The molecule has 2 nitrogen and oxygen atoms in total. The zero-order valence-electron chi connectivity index (χ0n) is 11.5. The summed E-state index contributed by atoms with van der Waals surface area (Å²) in [6.45, 7) is 5.58. The van der Waals surface area contributed by atoms with Crippen molar-refractivity contribution in [3.63, 3.8) is 0 Å². The Morgan fingerprint density at radius 3 is 2.47 bits per heavy atom. The second-order valence-corrected chi connectivity index (χ2v) is 5.46. The maximum atomic E-state index is 13.7. The van der Waals surface area contributed by atoms with E-state index in [0.717, 1.165) is 24.5 Å². The van der Waals surface area contributed by atoms with Crippen molar-refractivity contribution in [1.82, 2.24) is 5.32 Å². The van der Waals surface area contributed by atoms with E-state index in [1.54, 1.807) is 11.8 Å². The number of halogens is 2. The van der Waals surface area contributed by atoms with Crippen LogP contribution in [0, 0.1) is 11.6 Å². The second-order valence-electron chi connectivity index (χ2n) is 4.07. The van der Waals surface area contributed by atoms with E-state index in [1.165, 1.54) is 12.1 Å². The Morgan fingerprint density at radius 1 is 1.21 bits per heavy atom. The standard InChI is InChI=1S/C14H21F2NOS/c1-3-17-10-11-8-12(15)14(13(16)9-11)18-6-5-7-19-4-2/h8-9,17H,3-7,10H2,1-2H3. The van der Waals surface area contributed by atoms with E-state index < -0.39 is 11.6 Å². The highest BCUT2D eigenvalue weighted by atomic mass is 32.2. The van der Waals surface area contributed by atoms with Gasteiger partial charge in [0, 0.05) is 6.54 Å². The smallest absolute Gasteiger partial charge is 0.190 e. The fraction of sp³-hybridized carbons (Fsp3) is 0.571. The predicted octanol–water partition coefficient (Wildman–Crippen LogP) is 3.60. The highest BCUT2D eigenvalue weighted by Gasteiger charge is 2.12. The molecule has 0 aliphatic rings. The summed E-state index contributed by atoms with van der Waals surface area (Å²) in [6.07, 6.45) is 0.788. The summed E-state index contributed by atoms with van der Waals surface area (Å²) >= 11 is 1.79. The molecule has 0 saturated carbocycles. The van der Waals surface area contributed by atoms with Gasteiger partial charge in [-0.1, -0.05) is 13.8 Å². The molecular weight excluding hydrogens is 268 g/mol. The average Bonchev–Trinajstić information content (AvgIpc) is 2.38. The summed E-state index contributed by atoms with van der Waals surface area (Å²) in [6, 6.07) is 2.64. The van der Waals surface area contributed by atoms with Crippen LogP contribution < -0.4 is 10.1 Å². The Morgan fingerprint density at radius 2 is 1.89 bits per heavy atom. The molecule has 0 aliphatic heterocycles. The Kier molecular flexibility index (Phi) is 7.82. The Hall–Kier alpha value is -0.810. The molecule has 0 unspecified atom stereocenters. The van der Waals surface area contributed by atoms with E-state index in [1.807, 2.05) is 6.92 Å². The number of hydrogen-bond donors (Lipinski definition) is 1. The molecule has 0 amide bonds. The third-order valence-electron chi connectivity index (χ3n) is 2.52. The van der Waals surface area contributed by atoms with Crippen LogP contribution in [0.5, 0.6) is 5.75 Å². The highest BCUT2D eigenvalue weighted by Crippen LogP contribution is 2.23. The van der Waals surface area contributed by atoms with Crippen LogP contribution in [0.2, 0.25) is 0 Å². The van der Waals surface area contributed by atoms with E-state index in [2.05, 4.69) is 12.2 Å². The minimum atomic E-state index is -0.629. The average molecular weight is 289 g/mol. The van der Waals surface area contributed by atoms with Crippen molar-refractivity contribution in [2.75, 3.05) is 24.7 Å². The molecule has 1 aromatic rings. The molecule has 1 aromatic carbocycles. The monoisotopic (exact) mass is 289 g/mol. The zero-order chi connectivity index (χ0) is 14.1. The van der Waals surface area contributed by atoms with Crippen LogP contribution in [0.25, 0.3) is 0 Å². The summed E-state index contributed by atoms with van der Waals surface area (Å²) < 4.78 is 32.6. The van der Waals surface area contributed by atoms with Crippen LogP contribution in [0.3, 0.4) is 0 Å². The molecule has 0 saturated heterocycles. The third-order valence-corrected chi connectivity index (χ3v) is 3.51. The molecule has 0 aromatic heterocycles. The topological polar surface area (TPSA) is 21.3 Å². The zero-order valence-corrected chi connectivity index (χ0v) is 12.3. The summed E-state index contributed by atoms with van der Waals surface area (Å²) in [7, 11) is 0. The minimum Gasteiger partial charge on any atom is -0.488 e. The fourth-order valence-corrected chi connectivity index (χ4v) is 2.21. The Bertz CT molecular complexity index is 365. The van der Waals surface area contributed by atoms with Crippen LogP contribution in [0.4, 0.5) is 8.78 Å². The summed E-state index contributed by atoms with van der Waals surface area (Å²) in [5, 5.41) is 3.03. The number of hydrogen-bond acceptors (Lipinski definition) is 3. The normalized spacial score (nSPS) is 10.7. The van der Waals surface area contributed by atoms with Crippen molar-refractivity contribution in [2.24, 2.45) is 0 Å². The summed E-state index contributed by atoms with van der Waals surface area (Å²) in [4.78, 5) is 0. The van der Waals surface area contributed by atoms with Crippen molar-refractivity contribution in [2.45, 2.75) is 26.8 Å². The van der Waals surface area contributed by atoms with Crippen LogP contribution in [-0.2, 0) is 6.54 Å². The van der Waals surface area contributed by atoms with E-state index in [4.69, 9.17) is 4.74 Å². The minimum absolute atomic E-state index is 0.262. The van der Waals surface area contributed by atoms with Crippen molar-refractivity contribution in [3.8, 4) is 5.75 Å². The molecule has 0 atom stereocenters. The molecule has 0 bridgehead atoms. The quantitative estimate of drug-likeness (QED) is 0.702. The Labute approximate surface area is 117 Å². The SMILES string of the molecule is CCNCc1cc(F)c(OCCCSCC)c(F)c1. The van der Waals surface area contributed by atoms with Gasteiger partial charge in [-0.05, 0) is 42.2 Å². The first kappa shape index (κ1) is 16.2. The largest absolute Gasteiger partial charge is 0.488 e. The number of thioether (sulfide) groups is 1. The van der Waals surface area contributed by atoms with E-state index in [-0.39, 0.29) is 5.75 Å². The van der Waals surface area contributed by atoms with Gasteiger partial charge in [0.1, 0.15) is 0 Å². The first-order chi connectivity index (χ1) is 9.19. The van der Waals surface area contributed by atoms with Gasteiger partial charge in [-0.3, -0.25) is 0 Å². The van der Waals surface area contributed by atoms with Crippen molar-refractivity contribution >= 4 is 11.8 Å². The number of rotatable bonds is 9. The van der Waals surface area contributed by atoms with E-state index >= 15 is 0 Å². The Balaban J connectivity index is 2.53. The molecule has 0 radical (unpaired) electrons. The first-order valence-corrected chi connectivity index (χ1v) is 7.73. The van der Waals surface area contributed by atoms with Gasteiger partial charge in [0.15, 0.2) is 17.4 Å². The van der Waals surface area contributed by atoms with Gasteiger partial charge >= 0.3 is 0 Å². The lowest BCUT2D eigenvalue weighted by molar-refractivity contribution is 0.285. The van der Waals surface area contributed by atoms with Gasteiger partial charge in [-0.15, -0.1) is 0 Å². The summed E-state index contributed by atoms with van der Waals surface area (Å²) in [5.41, 5.74) is 0.589. The fourth-order valence-electron chi connectivity index (χ4n) is 1.60. The number of nitrogens with one attached hydrogen (secondary N) is 1. The molecule has 0 spiro atoms. The van der Waals surface area contributed by atoms with Gasteiger partial charge < -0.3 is 10.1 Å². The van der Waals surface area contributed by atoms with E-state index in [9.17, 15) is 8.78 Å². The lowest BCUT2D eigenvalue weighted by Crippen LogP contribution is -2.12. The van der Waals surface area contributed by atoms with E-state index in [0.29, 0.717) is 18.7 Å². The molecule has 5 heteroatoms. The molecule has 1 rings (SSSR count). The van der Waals surface area contributed by atoms with Gasteiger partial charge in [0.05, 0.1) is 6.61 Å². The predicted molar refractivity (Wildman–Crippen MR) is 76.8 cm³/mol. The lowest BCUT2D eigenvalue weighted by atomic mass is 10.2. The summed E-state index contributed by atoms with van der Waals surface area (Å²) in [5.74, 6) is 0.467. The maximum absolute atomic E-state index is 13.7. The molecule has 0 heterocycles. The highest BCUT2D eigenvalue weighted by molar-refractivity contribution is 7.99. The second kappa shape index (κ2) is 9.15. The van der Waals surface area contributed by atoms with Gasteiger partial charge in [-0.2, -0.15) is 11.8 Å². The molecule has 0 fully saturated rings. The molecule has 1 N–H and O–H groups in total. The van der Waals surface area contributed by atoms with Crippen LogP contribution in [0.1, 0.15) is 25.8 Å². The first-order valence-electron chi connectivity index (χ1n) is 6.58. The molecule has 108 valence electrons. The molecular formula is C14H21F2NOS. The van der Waals surface area contributed by atoms with Gasteiger partial charge in [0.25, 0.3) is 0 Å². The number of benzene rings is 1. The maximum Gasteiger partial charge on any atom is 0.190 e. The van der Waals surface area contributed by atoms with Crippen LogP contribution in [0.15, 0.2) is 12.1 Å². The van der Waals surface area contributed by atoms with Gasteiger partial charge in [-0.25, -0.2) is 8.78 Å².